The summed E-state index contributed by atoms with van der Waals surface area (Å²) in [6.07, 6.45) is -4.28. The molecule has 1 aromatic carbocycles. The number of carboxylic acid groups (broad SMARTS) is 1. The molecular weight excluding hydrogens is 899 g/mol. The van der Waals surface area contributed by atoms with E-state index in [0.29, 0.717) is 5.56 Å². The van der Waals surface area contributed by atoms with Gasteiger partial charge in [0.25, 0.3) is 0 Å². The third-order valence-corrected chi connectivity index (χ3v) is 12.2. The molecule has 1 aliphatic rings. The van der Waals surface area contributed by atoms with Gasteiger partial charge in [-0.2, -0.15) is 4.31 Å². The Morgan fingerprint density at radius 3 is 2.34 bits per heavy atom. The molecule has 11 N–H and O–H groups in total. The number of aliphatic hydroxyl groups excluding tert-OH is 2. The molecule has 2 aromatic heterocycles. The summed E-state index contributed by atoms with van der Waals surface area (Å²) in [6, 6.07) is 5.87. The second kappa shape index (κ2) is 20.9. The molecule has 0 radical (unpaired) electrons. The van der Waals surface area contributed by atoms with Crippen molar-refractivity contribution in [2.45, 2.75) is 50.9 Å². The van der Waals surface area contributed by atoms with E-state index in [0.717, 1.165) is 29.0 Å². The average Bonchev–Trinajstić information content (AvgIpc) is 3.73. The first kappa shape index (κ1) is 49.6. The molecule has 0 bridgehead atoms. The number of imidazole rings is 1. The Morgan fingerprint density at radius 1 is 1.02 bits per heavy atom. The molecule has 26 nitrogen and oxygen atoms in total. The Bertz CT molecular complexity index is 2240. The van der Waals surface area contributed by atoms with Crippen LogP contribution >= 0.6 is 35.2 Å². The number of phosphoric acid groups is 3. The number of anilines is 1. The van der Waals surface area contributed by atoms with Crippen LogP contribution in [-0.4, -0.2) is 134 Å². The summed E-state index contributed by atoms with van der Waals surface area (Å²) >= 11 is 0.917. The molecule has 61 heavy (non-hydrogen) atoms. The standard InChI is InChI=1S/C31H42N7O19P3S/c1-31(2,25(42)28(43)34-10-9-20(39)33-11-12-61-21(40)8-5-17-3-6-18(7-4-17)30(44)45)14-54-60(51,52)57-59(49,50)53-13-19-24(56-58(46,47)48)23(41)29(55-19)38-16-37-22-26(32)35-15-36-27(22)38/h3-8,15-16,19,23-25,29,41-42H,9-14H2,1-2H3,(H,33,39)(H,34,43)(H,44,45)(H,49,50)(H,51,52)(H2,32,35,36)(H2,46,47,48)/b8-5+. The number of ether oxygens (including phenoxy) is 1. The zero-order valence-corrected chi connectivity index (χ0v) is 35.4. The summed E-state index contributed by atoms with van der Waals surface area (Å²) < 4.78 is 62.1. The molecule has 2 amide bonds. The van der Waals surface area contributed by atoms with Crippen molar-refractivity contribution >= 4 is 81.2 Å². The van der Waals surface area contributed by atoms with Gasteiger partial charge in [-0.1, -0.05) is 43.8 Å². The van der Waals surface area contributed by atoms with Gasteiger partial charge in [-0.25, -0.2) is 33.4 Å². The summed E-state index contributed by atoms with van der Waals surface area (Å²) in [6.45, 7) is 0.253. The molecule has 7 atom stereocenters. The fourth-order valence-electron chi connectivity index (χ4n) is 5.23. The Morgan fingerprint density at radius 2 is 1.69 bits per heavy atom. The minimum absolute atomic E-state index is 0.0194. The number of phosphoric ester groups is 3. The van der Waals surface area contributed by atoms with Crippen molar-refractivity contribution in [3.63, 3.8) is 0 Å². The topological polar surface area (TPSA) is 401 Å². The van der Waals surface area contributed by atoms with Crippen LogP contribution in [0.3, 0.4) is 0 Å². The fraction of sp³-hybridized carbons (Fsp3) is 0.452. The largest absolute Gasteiger partial charge is 0.481 e. The maximum atomic E-state index is 12.7. The van der Waals surface area contributed by atoms with Crippen LogP contribution in [0.5, 0.6) is 0 Å². The number of nitrogen functional groups attached to an aromatic ring is 1. The van der Waals surface area contributed by atoms with E-state index >= 15 is 0 Å². The van der Waals surface area contributed by atoms with E-state index in [1.807, 2.05) is 0 Å². The molecule has 30 heteroatoms. The lowest BCUT2D eigenvalue weighted by molar-refractivity contribution is -0.137. The first-order valence-electron chi connectivity index (χ1n) is 17.5. The van der Waals surface area contributed by atoms with Gasteiger partial charge in [0.05, 0.1) is 25.1 Å². The third kappa shape index (κ3) is 14.8. The summed E-state index contributed by atoms with van der Waals surface area (Å²) in [5.74, 6) is -2.43. The van der Waals surface area contributed by atoms with Crippen LogP contribution in [0.2, 0.25) is 0 Å². The van der Waals surface area contributed by atoms with E-state index in [-0.39, 0.29) is 52.9 Å². The number of rotatable bonds is 22. The number of nitrogens with one attached hydrogen (secondary N) is 2. The smallest absolute Gasteiger partial charge is 0.478 e. The first-order valence-corrected chi connectivity index (χ1v) is 23.0. The molecule has 3 heterocycles. The first-order chi connectivity index (χ1) is 28.4. The molecule has 1 fully saturated rings. The molecule has 0 aliphatic carbocycles. The quantitative estimate of drug-likeness (QED) is 0.0362. The van der Waals surface area contributed by atoms with Gasteiger partial charge in [0.2, 0.25) is 16.9 Å². The van der Waals surface area contributed by atoms with Gasteiger partial charge in [-0.3, -0.25) is 32.5 Å². The molecular formula is C31H42N7O19P3S. The number of nitrogens with two attached hydrogens (primary N) is 1. The van der Waals surface area contributed by atoms with Crippen LogP contribution in [-0.2, 0) is 50.7 Å². The van der Waals surface area contributed by atoms with Gasteiger partial charge in [0.1, 0.15) is 36.3 Å². The number of nitrogens with zero attached hydrogens (tertiary/aromatic N) is 4. The van der Waals surface area contributed by atoms with E-state index < -0.39 is 90.5 Å². The molecule has 0 saturated carbocycles. The number of hydrogen-bond acceptors (Lipinski definition) is 19. The molecule has 1 aliphatic heterocycles. The SMILES string of the molecule is CC(C)(COP(=O)(O)OP(=O)(O)OCC1OC(n2cnc3c(N)ncnc32)C(O)C1OP(=O)(O)O)C(O)C(=O)NCCC(=O)NCCSC(=O)/C=C/c1ccc(C(=O)O)cc1. The maximum absolute atomic E-state index is 12.7. The monoisotopic (exact) mass is 941 g/mol. The Kier molecular flexibility index (Phi) is 17.0. The van der Waals surface area contributed by atoms with Crippen molar-refractivity contribution in [1.82, 2.24) is 30.2 Å². The lowest BCUT2D eigenvalue weighted by Gasteiger charge is -2.30. The van der Waals surface area contributed by atoms with E-state index in [1.165, 1.54) is 50.3 Å². The normalized spacial score (nSPS) is 20.9. The highest BCUT2D eigenvalue weighted by Crippen LogP contribution is 2.61. The van der Waals surface area contributed by atoms with Gasteiger partial charge in [0, 0.05) is 30.7 Å². The van der Waals surface area contributed by atoms with Crippen molar-refractivity contribution in [3.8, 4) is 0 Å². The highest BCUT2D eigenvalue weighted by atomic mass is 32.2. The van der Waals surface area contributed by atoms with Gasteiger partial charge in [0.15, 0.2) is 17.7 Å². The van der Waals surface area contributed by atoms with Gasteiger partial charge in [-0.05, 0) is 23.8 Å². The predicted octanol–water partition coefficient (Wildman–Crippen LogP) is 0.0763. The minimum Gasteiger partial charge on any atom is -0.478 e. The molecule has 1 saturated heterocycles. The molecule has 3 aromatic rings. The highest BCUT2D eigenvalue weighted by Gasteiger charge is 2.50. The zero-order valence-electron chi connectivity index (χ0n) is 31.9. The number of fused-ring (bicyclic) bond motifs is 1. The Hall–Kier alpha value is -4.01. The number of carbonyl (C=O) groups excluding carboxylic acids is 3. The van der Waals surface area contributed by atoms with Crippen molar-refractivity contribution in [2.75, 3.05) is 37.8 Å². The fourth-order valence-corrected chi connectivity index (χ4v) is 8.63. The van der Waals surface area contributed by atoms with Crippen molar-refractivity contribution in [1.29, 1.82) is 0 Å². The van der Waals surface area contributed by atoms with E-state index in [2.05, 4.69) is 34.4 Å². The van der Waals surface area contributed by atoms with Crippen LogP contribution < -0.4 is 16.4 Å². The molecule has 7 unspecified atom stereocenters. The summed E-state index contributed by atoms with van der Waals surface area (Å²) in [5.41, 5.74) is 4.92. The number of aromatic nitrogens is 4. The number of hydrogen-bond donors (Lipinski definition) is 10. The van der Waals surface area contributed by atoms with Gasteiger partial charge >= 0.3 is 29.4 Å². The van der Waals surface area contributed by atoms with Gasteiger partial charge in [-0.15, -0.1) is 0 Å². The summed E-state index contributed by atoms with van der Waals surface area (Å²) in [7, 11) is -16.5. The number of carbonyl (C=O) groups is 4. The summed E-state index contributed by atoms with van der Waals surface area (Å²) in [5, 5.41) is 35.0. The Balaban J connectivity index is 1.19. The lowest BCUT2D eigenvalue weighted by atomic mass is 9.87. The number of amides is 2. The highest BCUT2D eigenvalue weighted by molar-refractivity contribution is 8.14. The summed E-state index contributed by atoms with van der Waals surface area (Å²) in [4.78, 5) is 98.8. The number of aliphatic hydroxyl groups is 2. The van der Waals surface area contributed by atoms with E-state index in [9.17, 15) is 62.7 Å². The number of thioether (sulfide) groups is 1. The molecule has 4 rings (SSSR count). The van der Waals surface area contributed by atoms with E-state index in [4.69, 9.17) is 24.6 Å². The second-order valence-electron chi connectivity index (χ2n) is 13.5. The predicted molar refractivity (Wildman–Crippen MR) is 210 cm³/mol. The lowest BCUT2D eigenvalue weighted by Crippen LogP contribution is -2.46. The van der Waals surface area contributed by atoms with E-state index in [1.54, 1.807) is 0 Å². The van der Waals surface area contributed by atoms with Crippen molar-refractivity contribution in [2.24, 2.45) is 5.41 Å². The van der Waals surface area contributed by atoms with Gasteiger partial charge < -0.3 is 56.0 Å². The van der Waals surface area contributed by atoms with Crippen molar-refractivity contribution in [3.05, 3.63) is 54.1 Å². The molecule has 0 spiro atoms. The van der Waals surface area contributed by atoms with Crippen LogP contribution in [0.25, 0.3) is 17.2 Å². The number of carboxylic acids is 1. The number of benzene rings is 1. The average molecular weight is 942 g/mol. The van der Waals surface area contributed by atoms with Crippen molar-refractivity contribution < 1.29 is 90.4 Å². The third-order valence-electron chi connectivity index (χ3n) is 8.32. The molecule has 336 valence electrons. The zero-order chi connectivity index (χ0) is 45.3. The van der Waals surface area contributed by atoms with Crippen LogP contribution in [0.4, 0.5) is 5.82 Å². The van der Waals surface area contributed by atoms with Crippen LogP contribution in [0.1, 0.15) is 42.4 Å². The maximum Gasteiger partial charge on any atom is 0.481 e. The number of aromatic carboxylic acids is 1. The van der Waals surface area contributed by atoms with Crippen LogP contribution in [0, 0.1) is 5.41 Å². The minimum atomic E-state index is -5.59. The second-order valence-corrected chi connectivity index (χ2v) is 18.8. The van der Waals surface area contributed by atoms with Crippen LogP contribution in [0.15, 0.2) is 43.0 Å². The Labute approximate surface area is 349 Å².